The van der Waals surface area contributed by atoms with Crippen LogP contribution < -0.4 is 4.74 Å². The van der Waals surface area contributed by atoms with Crippen LogP contribution in [-0.2, 0) is 9.59 Å². The summed E-state index contributed by atoms with van der Waals surface area (Å²) in [7, 11) is 5.20. The molecule has 1 saturated heterocycles. The molecule has 1 unspecified atom stereocenters. The maximum Gasteiger partial charge on any atom is 0.295 e. The first-order valence-corrected chi connectivity index (χ1v) is 9.03. The first-order chi connectivity index (χ1) is 13.3. The number of rotatable bonds is 6. The van der Waals surface area contributed by atoms with Gasteiger partial charge in [-0.25, -0.2) is 0 Å². The summed E-state index contributed by atoms with van der Waals surface area (Å²) in [6.45, 7) is 0.864. The molecule has 2 heterocycles. The van der Waals surface area contributed by atoms with Gasteiger partial charge in [-0.05, 0) is 44.4 Å². The molecule has 1 amide bonds. The normalized spacial score (nSPS) is 18.9. The zero-order valence-electron chi connectivity index (χ0n) is 15.8. The Morgan fingerprint density at radius 1 is 1.32 bits per heavy atom. The summed E-state index contributed by atoms with van der Waals surface area (Å²) >= 11 is 6.04. The number of aliphatic hydroxyl groups is 1. The number of halogens is 1. The molecule has 2 aromatic rings. The van der Waals surface area contributed by atoms with Crippen molar-refractivity contribution in [3.63, 3.8) is 0 Å². The second kappa shape index (κ2) is 8.08. The molecule has 3 rings (SSSR count). The van der Waals surface area contributed by atoms with E-state index in [1.165, 1.54) is 24.3 Å². The molecule has 1 aliphatic heterocycles. The predicted molar refractivity (Wildman–Crippen MR) is 104 cm³/mol. The van der Waals surface area contributed by atoms with Crippen LogP contribution >= 0.6 is 11.6 Å². The molecule has 0 aliphatic carbocycles. The highest BCUT2D eigenvalue weighted by molar-refractivity contribution is 6.46. The standard InChI is InChI=1S/C20H21ClN2O5/c1-22(2)8-9-23-17(14-5-4-10-28-14)16(19(25)20(23)26)18(24)12-6-7-13(21)15(11-12)27-3/h4-7,10-11,17,24H,8-9H2,1-3H3/b18-16-. The van der Waals surface area contributed by atoms with Crippen molar-refractivity contribution in [2.45, 2.75) is 6.04 Å². The van der Waals surface area contributed by atoms with Gasteiger partial charge in [-0.3, -0.25) is 9.59 Å². The lowest BCUT2D eigenvalue weighted by atomic mass is 9.99. The second-order valence-electron chi connectivity index (χ2n) is 6.66. The number of Topliss-reactive ketones (excluding diaryl/α,β-unsaturated/α-hetero) is 1. The molecule has 0 spiro atoms. The third kappa shape index (κ3) is 3.63. The molecule has 8 heteroatoms. The summed E-state index contributed by atoms with van der Waals surface area (Å²) in [5, 5.41) is 11.3. The van der Waals surface area contributed by atoms with E-state index in [-0.39, 0.29) is 11.3 Å². The van der Waals surface area contributed by atoms with E-state index in [0.29, 0.717) is 35.2 Å². The molecule has 1 N–H and O–H groups in total. The van der Waals surface area contributed by atoms with Crippen LogP contribution in [0, 0.1) is 0 Å². The average molecular weight is 405 g/mol. The minimum Gasteiger partial charge on any atom is -0.507 e. The fourth-order valence-corrected chi connectivity index (χ4v) is 3.32. The van der Waals surface area contributed by atoms with Crippen LogP contribution in [0.25, 0.3) is 5.76 Å². The lowest BCUT2D eigenvalue weighted by molar-refractivity contribution is -0.140. The number of furan rings is 1. The van der Waals surface area contributed by atoms with Gasteiger partial charge in [-0.1, -0.05) is 11.6 Å². The van der Waals surface area contributed by atoms with Crippen molar-refractivity contribution in [2.75, 3.05) is 34.3 Å². The van der Waals surface area contributed by atoms with Crippen LogP contribution in [0.5, 0.6) is 5.75 Å². The van der Waals surface area contributed by atoms with E-state index in [1.807, 2.05) is 19.0 Å². The lowest BCUT2D eigenvalue weighted by Gasteiger charge is -2.24. The number of likely N-dealkylation sites (N-methyl/N-ethyl adjacent to an activating group) is 1. The molecule has 7 nitrogen and oxygen atoms in total. The van der Waals surface area contributed by atoms with Crippen LogP contribution in [-0.4, -0.2) is 60.9 Å². The van der Waals surface area contributed by atoms with E-state index in [0.717, 1.165) is 0 Å². The van der Waals surface area contributed by atoms with Crippen molar-refractivity contribution >= 4 is 29.1 Å². The van der Waals surface area contributed by atoms with Gasteiger partial charge >= 0.3 is 0 Å². The maximum atomic E-state index is 12.8. The highest BCUT2D eigenvalue weighted by Crippen LogP contribution is 2.40. The second-order valence-corrected chi connectivity index (χ2v) is 7.07. The summed E-state index contributed by atoms with van der Waals surface area (Å²) in [4.78, 5) is 28.8. The molecular weight excluding hydrogens is 384 g/mol. The predicted octanol–water partition coefficient (Wildman–Crippen LogP) is 2.92. The van der Waals surface area contributed by atoms with Gasteiger partial charge < -0.3 is 24.1 Å². The summed E-state index contributed by atoms with van der Waals surface area (Å²) in [6, 6.07) is 7.18. The number of amides is 1. The Labute approximate surface area is 167 Å². The first-order valence-electron chi connectivity index (χ1n) is 8.65. The summed E-state index contributed by atoms with van der Waals surface area (Å²) in [6.07, 6.45) is 1.46. The van der Waals surface area contributed by atoms with Gasteiger partial charge in [0.15, 0.2) is 0 Å². The molecule has 148 valence electrons. The van der Waals surface area contributed by atoms with Gasteiger partial charge in [0.05, 0.1) is 24.0 Å². The van der Waals surface area contributed by atoms with Crippen molar-refractivity contribution in [1.29, 1.82) is 0 Å². The van der Waals surface area contributed by atoms with Gasteiger partial charge in [-0.2, -0.15) is 0 Å². The number of ketones is 1. The molecular formula is C20H21ClN2O5. The average Bonchev–Trinajstić information content (AvgIpc) is 3.27. The number of benzene rings is 1. The largest absolute Gasteiger partial charge is 0.507 e. The Bertz CT molecular complexity index is 921. The number of hydrogen-bond donors (Lipinski definition) is 1. The van der Waals surface area contributed by atoms with E-state index in [1.54, 1.807) is 24.3 Å². The number of methoxy groups -OCH3 is 1. The molecule has 1 aliphatic rings. The van der Waals surface area contributed by atoms with Crippen LogP contribution in [0.2, 0.25) is 5.02 Å². The number of carbonyl (C=O) groups is 2. The Kier molecular flexibility index (Phi) is 5.76. The molecule has 0 bridgehead atoms. The fourth-order valence-electron chi connectivity index (χ4n) is 3.12. The van der Waals surface area contributed by atoms with E-state index in [4.69, 9.17) is 20.8 Å². The van der Waals surface area contributed by atoms with Crippen molar-refractivity contribution < 1.29 is 23.8 Å². The summed E-state index contributed by atoms with van der Waals surface area (Å²) in [5.41, 5.74) is 0.298. The number of likely N-dealkylation sites (tertiary alicyclic amines) is 1. The van der Waals surface area contributed by atoms with Crippen LogP contribution in [0.1, 0.15) is 17.4 Å². The quantitative estimate of drug-likeness (QED) is 0.453. The SMILES string of the molecule is COc1cc(/C(O)=C2/C(=O)C(=O)N(CCN(C)C)C2c2ccco2)ccc1Cl. The molecule has 1 aromatic carbocycles. The van der Waals surface area contributed by atoms with Crippen LogP contribution in [0.4, 0.5) is 0 Å². The number of ether oxygens (including phenoxy) is 1. The topological polar surface area (TPSA) is 83.2 Å². The third-order valence-electron chi connectivity index (χ3n) is 4.57. The minimum absolute atomic E-state index is 0.0249. The van der Waals surface area contributed by atoms with Gasteiger partial charge in [0.25, 0.3) is 11.7 Å². The highest BCUT2D eigenvalue weighted by atomic mass is 35.5. The first kappa shape index (κ1) is 20.0. The lowest BCUT2D eigenvalue weighted by Crippen LogP contribution is -2.35. The Morgan fingerprint density at radius 2 is 2.07 bits per heavy atom. The van der Waals surface area contributed by atoms with Gasteiger partial charge in [-0.15, -0.1) is 0 Å². The van der Waals surface area contributed by atoms with Crippen LogP contribution in [0.3, 0.4) is 0 Å². The Hall–Kier alpha value is -2.77. The number of hydrogen-bond acceptors (Lipinski definition) is 6. The Morgan fingerprint density at radius 3 is 2.68 bits per heavy atom. The van der Waals surface area contributed by atoms with Gasteiger partial charge in [0.2, 0.25) is 0 Å². The van der Waals surface area contributed by atoms with Crippen LogP contribution in [0.15, 0.2) is 46.6 Å². The smallest absolute Gasteiger partial charge is 0.295 e. The zero-order valence-corrected chi connectivity index (χ0v) is 16.6. The van der Waals surface area contributed by atoms with E-state index < -0.39 is 17.7 Å². The fraction of sp³-hybridized carbons (Fsp3) is 0.300. The monoisotopic (exact) mass is 404 g/mol. The van der Waals surface area contributed by atoms with Crippen molar-refractivity contribution in [3.8, 4) is 5.75 Å². The van der Waals surface area contributed by atoms with Crippen molar-refractivity contribution in [2.24, 2.45) is 0 Å². The van der Waals surface area contributed by atoms with Crippen molar-refractivity contribution in [1.82, 2.24) is 9.80 Å². The van der Waals surface area contributed by atoms with Crippen molar-refractivity contribution in [3.05, 3.63) is 58.5 Å². The molecule has 0 radical (unpaired) electrons. The molecule has 1 fully saturated rings. The Balaban J connectivity index is 2.12. The third-order valence-corrected chi connectivity index (χ3v) is 4.88. The molecule has 0 saturated carbocycles. The maximum absolute atomic E-state index is 12.8. The number of nitrogens with zero attached hydrogens (tertiary/aromatic N) is 2. The van der Waals surface area contributed by atoms with E-state index in [9.17, 15) is 14.7 Å². The minimum atomic E-state index is -0.809. The number of aliphatic hydroxyl groups excluding tert-OH is 1. The zero-order chi connectivity index (χ0) is 20.4. The van der Waals surface area contributed by atoms with E-state index in [2.05, 4.69) is 0 Å². The van der Waals surface area contributed by atoms with Gasteiger partial charge in [0, 0.05) is 18.7 Å². The molecule has 28 heavy (non-hydrogen) atoms. The summed E-state index contributed by atoms with van der Waals surface area (Å²) in [5.74, 6) is -0.984. The molecule has 1 atom stereocenters. The van der Waals surface area contributed by atoms with Gasteiger partial charge in [0.1, 0.15) is 23.3 Å². The number of carbonyl (C=O) groups excluding carboxylic acids is 2. The highest BCUT2D eigenvalue weighted by Gasteiger charge is 2.47. The summed E-state index contributed by atoms with van der Waals surface area (Å²) < 4.78 is 10.7. The van der Waals surface area contributed by atoms with E-state index >= 15 is 0 Å². The molecule has 1 aromatic heterocycles.